The smallest absolute Gasteiger partial charge is 0.308 e. The highest BCUT2D eigenvalue weighted by molar-refractivity contribution is 6.01. The molecule has 2 aliphatic rings. The fraction of sp³-hybridized carbons (Fsp3) is 0.353. The lowest BCUT2D eigenvalue weighted by atomic mass is 9.97. The number of aryl methyl sites for hydroxylation is 1. The van der Waals surface area contributed by atoms with Crippen molar-refractivity contribution in [3.05, 3.63) is 89.5 Å². The molecule has 6 atom stereocenters. The summed E-state index contributed by atoms with van der Waals surface area (Å²) in [6.07, 6.45) is -6.03. The molecule has 0 radical (unpaired) electrons. The number of Topliss-reactive ketones (excluding diaryl/α,β-unsaturated/α-hetero) is 1. The first-order valence-electron chi connectivity index (χ1n) is 14.7. The molecule has 1 unspecified atom stereocenters. The minimum Gasteiger partial charge on any atom is -0.507 e. The standard InChI is InChI=1S/C34H34O12/c1-19(35)41-24-15-12-22(13-16-24)14-17-26(39)29-25(38)10-7-11-27(29)44-34-32(43-21(3)37)31(42-20(2)36)30-28(45-34)18-40-33(46-30)23-8-5-4-6-9-23/h4-13,15-16,28,30-34,38H,14,17-18H2,1-3H3/t28-,30-,31+,32-,33?,34-/m1/s1. The molecule has 46 heavy (non-hydrogen) atoms. The van der Waals surface area contributed by atoms with Gasteiger partial charge in [0.1, 0.15) is 35.0 Å². The monoisotopic (exact) mass is 634 g/mol. The number of ketones is 1. The minimum absolute atomic E-state index is 0.00305. The summed E-state index contributed by atoms with van der Waals surface area (Å²) in [6.45, 7) is 3.73. The minimum atomic E-state index is -1.38. The molecule has 2 heterocycles. The van der Waals surface area contributed by atoms with Crippen LogP contribution in [0.15, 0.2) is 72.8 Å². The van der Waals surface area contributed by atoms with Crippen LogP contribution in [-0.4, -0.2) is 66.1 Å². The molecule has 2 saturated heterocycles. The quantitative estimate of drug-likeness (QED) is 0.193. The van der Waals surface area contributed by atoms with Crippen LogP contribution in [0.1, 0.15) is 55.0 Å². The zero-order chi connectivity index (χ0) is 32.8. The Morgan fingerprint density at radius 3 is 2.17 bits per heavy atom. The first kappa shape index (κ1) is 32.6. The Morgan fingerprint density at radius 2 is 1.50 bits per heavy atom. The van der Waals surface area contributed by atoms with Crippen LogP contribution in [0.25, 0.3) is 0 Å². The summed E-state index contributed by atoms with van der Waals surface area (Å²) in [5.74, 6) is -2.19. The summed E-state index contributed by atoms with van der Waals surface area (Å²) in [6, 6.07) is 20.2. The van der Waals surface area contributed by atoms with Crippen LogP contribution in [0.4, 0.5) is 0 Å². The Hall–Kier alpha value is -4.78. The Labute approximate surface area is 265 Å². The molecule has 0 amide bonds. The first-order valence-corrected chi connectivity index (χ1v) is 14.7. The second kappa shape index (κ2) is 14.5. The van der Waals surface area contributed by atoms with Crippen molar-refractivity contribution in [2.45, 2.75) is 70.6 Å². The number of phenols is 1. The molecule has 0 bridgehead atoms. The lowest BCUT2D eigenvalue weighted by molar-refractivity contribution is -0.351. The number of phenolic OH excluding ortho intramolecular Hbond substituents is 1. The third-order valence-corrected chi connectivity index (χ3v) is 7.31. The lowest BCUT2D eigenvalue weighted by Crippen LogP contribution is -2.65. The van der Waals surface area contributed by atoms with E-state index in [1.807, 2.05) is 30.3 Å². The summed E-state index contributed by atoms with van der Waals surface area (Å²) in [5, 5.41) is 10.7. The average molecular weight is 635 g/mol. The van der Waals surface area contributed by atoms with Crippen molar-refractivity contribution in [3.63, 3.8) is 0 Å². The molecule has 0 aliphatic carbocycles. The van der Waals surface area contributed by atoms with Gasteiger partial charge in [-0.05, 0) is 36.2 Å². The number of benzene rings is 3. The van der Waals surface area contributed by atoms with E-state index < -0.39 is 60.7 Å². The zero-order valence-electron chi connectivity index (χ0n) is 25.5. The van der Waals surface area contributed by atoms with Crippen molar-refractivity contribution in [2.24, 2.45) is 0 Å². The summed E-state index contributed by atoms with van der Waals surface area (Å²) in [7, 11) is 0. The number of carbonyl (C=O) groups excluding carboxylic acids is 4. The van der Waals surface area contributed by atoms with Gasteiger partial charge in [0.15, 0.2) is 18.2 Å². The van der Waals surface area contributed by atoms with E-state index in [1.165, 1.54) is 39.0 Å². The van der Waals surface area contributed by atoms with Crippen LogP contribution in [0, 0.1) is 0 Å². The van der Waals surface area contributed by atoms with Crippen molar-refractivity contribution in [1.82, 2.24) is 0 Å². The Bertz CT molecular complexity index is 1550. The lowest BCUT2D eigenvalue weighted by Gasteiger charge is -2.47. The van der Waals surface area contributed by atoms with Gasteiger partial charge >= 0.3 is 17.9 Å². The van der Waals surface area contributed by atoms with Gasteiger partial charge in [0, 0.05) is 32.8 Å². The number of carbonyl (C=O) groups is 4. The number of hydrogen-bond acceptors (Lipinski definition) is 12. The molecule has 12 heteroatoms. The van der Waals surface area contributed by atoms with E-state index in [9.17, 15) is 24.3 Å². The van der Waals surface area contributed by atoms with Crippen molar-refractivity contribution >= 4 is 23.7 Å². The third kappa shape index (κ3) is 7.89. The second-order valence-corrected chi connectivity index (χ2v) is 10.8. The van der Waals surface area contributed by atoms with Gasteiger partial charge in [0.05, 0.1) is 6.61 Å². The van der Waals surface area contributed by atoms with Crippen molar-refractivity contribution in [1.29, 1.82) is 0 Å². The van der Waals surface area contributed by atoms with Crippen LogP contribution in [0.3, 0.4) is 0 Å². The Morgan fingerprint density at radius 1 is 0.804 bits per heavy atom. The number of ether oxygens (including phenoxy) is 7. The summed E-state index contributed by atoms with van der Waals surface area (Å²) in [4.78, 5) is 49.1. The molecule has 1 N–H and O–H groups in total. The highest BCUT2D eigenvalue weighted by Gasteiger charge is 2.54. The van der Waals surface area contributed by atoms with E-state index >= 15 is 0 Å². The Balaban J connectivity index is 1.37. The summed E-state index contributed by atoms with van der Waals surface area (Å²) < 4.78 is 40.7. The average Bonchev–Trinajstić information content (AvgIpc) is 3.02. The predicted octanol–water partition coefficient (Wildman–Crippen LogP) is 4.21. The molecule has 0 aromatic heterocycles. The van der Waals surface area contributed by atoms with E-state index in [2.05, 4.69) is 0 Å². The molecule has 3 aromatic rings. The third-order valence-electron chi connectivity index (χ3n) is 7.31. The highest BCUT2D eigenvalue weighted by Crippen LogP contribution is 2.38. The molecule has 5 rings (SSSR count). The van der Waals surface area contributed by atoms with Crippen molar-refractivity contribution in [2.75, 3.05) is 6.61 Å². The zero-order valence-corrected chi connectivity index (χ0v) is 25.5. The SMILES string of the molecule is CC(=O)Oc1ccc(CCC(=O)c2c(O)cccc2O[C@@H]2O[C@@H]3COC(c4ccccc4)O[C@H]3[C@H](OC(C)=O)[C@H]2OC(C)=O)cc1. The molecule has 12 nitrogen and oxygen atoms in total. The number of rotatable bonds is 10. The normalized spacial score (nSPS) is 23.8. The highest BCUT2D eigenvalue weighted by atomic mass is 16.8. The van der Waals surface area contributed by atoms with Gasteiger partial charge in [-0.1, -0.05) is 48.5 Å². The van der Waals surface area contributed by atoms with Gasteiger partial charge in [0.25, 0.3) is 0 Å². The molecular formula is C34H34O12. The van der Waals surface area contributed by atoms with Crippen LogP contribution < -0.4 is 9.47 Å². The first-order chi connectivity index (χ1) is 22.1. The number of aromatic hydroxyl groups is 1. The van der Waals surface area contributed by atoms with Crippen LogP contribution in [-0.2, 0) is 44.5 Å². The largest absolute Gasteiger partial charge is 0.507 e. The van der Waals surface area contributed by atoms with E-state index in [1.54, 1.807) is 24.3 Å². The van der Waals surface area contributed by atoms with E-state index in [4.69, 9.17) is 33.2 Å². The maximum atomic E-state index is 13.4. The molecular weight excluding hydrogens is 600 g/mol. The molecule has 2 aliphatic heterocycles. The van der Waals surface area contributed by atoms with E-state index in [-0.39, 0.29) is 30.1 Å². The molecule has 3 aromatic carbocycles. The van der Waals surface area contributed by atoms with Gasteiger partial charge < -0.3 is 38.3 Å². The maximum absolute atomic E-state index is 13.4. The van der Waals surface area contributed by atoms with E-state index in [0.717, 1.165) is 11.1 Å². The van der Waals surface area contributed by atoms with Crippen LogP contribution in [0.2, 0.25) is 0 Å². The fourth-order valence-corrected chi connectivity index (χ4v) is 5.36. The van der Waals surface area contributed by atoms with Crippen LogP contribution in [0.5, 0.6) is 17.2 Å². The van der Waals surface area contributed by atoms with Crippen LogP contribution >= 0.6 is 0 Å². The molecule has 0 spiro atoms. The van der Waals surface area contributed by atoms with Crippen molar-refractivity contribution in [3.8, 4) is 17.2 Å². The van der Waals surface area contributed by atoms with Crippen molar-refractivity contribution < 1.29 is 57.4 Å². The molecule has 0 saturated carbocycles. The Kier molecular flexibility index (Phi) is 10.3. The van der Waals surface area contributed by atoms with Gasteiger partial charge in [-0.15, -0.1) is 0 Å². The second-order valence-electron chi connectivity index (χ2n) is 10.8. The van der Waals surface area contributed by atoms with Gasteiger partial charge in [-0.3, -0.25) is 19.2 Å². The topological polar surface area (TPSA) is 153 Å². The number of esters is 3. The predicted molar refractivity (Wildman–Crippen MR) is 159 cm³/mol. The number of fused-ring (bicyclic) bond motifs is 1. The number of hydrogen-bond donors (Lipinski definition) is 1. The van der Waals surface area contributed by atoms with Gasteiger partial charge in [-0.2, -0.15) is 0 Å². The summed E-state index contributed by atoms with van der Waals surface area (Å²) >= 11 is 0. The van der Waals surface area contributed by atoms with Gasteiger partial charge in [0.2, 0.25) is 12.4 Å². The summed E-state index contributed by atoms with van der Waals surface area (Å²) in [5.41, 5.74) is 1.43. The maximum Gasteiger partial charge on any atom is 0.308 e. The molecule has 242 valence electrons. The van der Waals surface area contributed by atoms with E-state index in [0.29, 0.717) is 12.2 Å². The fourth-order valence-electron chi connectivity index (χ4n) is 5.36. The molecule has 2 fully saturated rings. The van der Waals surface area contributed by atoms with Gasteiger partial charge in [-0.25, -0.2) is 0 Å².